The summed E-state index contributed by atoms with van der Waals surface area (Å²) in [7, 11) is 0. The zero-order valence-electron chi connectivity index (χ0n) is 17.3. The van der Waals surface area contributed by atoms with Gasteiger partial charge in [0.2, 0.25) is 0 Å². The number of hydrazine groups is 1. The van der Waals surface area contributed by atoms with E-state index in [4.69, 9.17) is 9.47 Å². The molecule has 0 fully saturated rings. The molecule has 1 atom stereocenters. The average molecular weight is 420 g/mol. The number of amides is 2. The van der Waals surface area contributed by atoms with E-state index < -0.39 is 17.9 Å². The van der Waals surface area contributed by atoms with Gasteiger partial charge in [-0.1, -0.05) is 18.2 Å². The van der Waals surface area contributed by atoms with E-state index >= 15 is 0 Å². The van der Waals surface area contributed by atoms with Gasteiger partial charge in [-0.15, -0.1) is 0 Å². The maximum atomic E-state index is 12.1. The summed E-state index contributed by atoms with van der Waals surface area (Å²) in [4.78, 5) is 24.1. The van der Waals surface area contributed by atoms with E-state index in [0.29, 0.717) is 12.4 Å². The van der Waals surface area contributed by atoms with Crippen molar-refractivity contribution < 1.29 is 19.1 Å². The number of aromatic nitrogens is 2. The van der Waals surface area contributed by atoms with Gasteiger partial charge in [-0.3, -0.25) is 20.4 Å². The van der Waals surface area contributed by atoms with Crippen molar-refractivity contribution in [3.63, 3.8) is 0 Å². The van der Waals surface area contributed by atoms with Crippen molar-refractivity contribution in [1.29, 1.82) is 0 Å². The lowest BCUT2D eigenvalue weighted by molar-refractivity contribution is -0.131. The molecule has 2 amide bonds. The molecule has 160 valence electrons. The second-order valence-corrected chi connectivity index (χ2v) is 6.53. The molecule has 0 aliphatic carbocycles. The summed E-state index contributed by atoms with van der Waals surface area (Å²) in [5.74, 6) is 0.287. The molecule has 0 bridgehead atoms. The lowest BCUT2D eigenvalue weighted by Gasteiger charge is -2.15. The van der Waals surface area contributed by atoms with Gasteiger partial charge in [0, 0.05) is 17.8 Å². The maximum Gasteiger partial charge on any atom is 0.279 e. The summed E-state index contributed by atoms with van der Waals surface area (Å²) in [6.07, 6.45) is 5.55. The third-order valence-corrected chi connectivity index (χ3v) is 4.18. The SMILES string of the molecule is CCOc1ccc(O[C@H](C)C(=O)NNC(=O)/C=C/c2cnn(-c3ccccc3)c2)cc1. The number of hydrogen-bond donors (Lipinski definition) is 2. The third kappa shape index (κ3) is 6.46. The fourth-order valence-corrected chi connectivity index (χ4v) is 2.62. The highest BCUT2D eigenvalue weighted by Crippen LogP contribution is 2.18. The predicted octanol–water partition coefficient (Wildman–Crippen LogP) is 2.90. The summed E-state index contributed by atoms with van der Waals surface area (Å²) < 4.78 is 12.6. The molecule has 2 N–H and O–H groups in total. The lowest BCUT2D eigenvalue weighted by Crippen LogP contribution is -2.46. The highest BCUT2D eigenvalue weighted by Gasteiger charge is 2.15. The van der Waals surface area contributed by atoms with E-state index in [2.05, 4.69) is 16.0 Å². The molecular weight excluding hydrogens is 396 g/mol. The summed E-state index contributed by atoms with van der Waals surface area (Å²) >= 11 is 0. The minimum atomic E-state index is -0.800. The summed E-state index contributed by atoms with van der Waals surface area (Å²) in [5.41, 5.74) is 6.34. The topological polar surface area (TPSA) is 94.5 Å². The van der Waals surface area contributed by atoms with Gasteiger partial charge in [-0.2, -0.15) is 5.10 Å². The molecule has 1 heterocycles. The first-order valence-corrected chi connectivity index (χ1v) is 9.82. The number of nitrogens with one attached hydrogen (secondary N) is 2. The maximum absolute atomic E-state index is 12.1. The Hall–Kier alpha value is -4.07. The zero-order chi connectivity index (χ0) is 22.1. The van der Waals surface area contributed by atoms with Crippen LogP contribution in [0.1, 0.15) is 19.4 Å². The molecule has 0 aliphatic rings. The number of para-hydroxylation sites is 1. The van der Waals surface area contributed by atoms with Gasteiger partial charge >= 0.3 is 0 Å². The van der Waals surface area contributed by atoms with E-state index in [-0.39, 0.29) is 0 Å². The van der Waals surface area contributed by atoms with Crippen molar-refractivity contribution in [2.75, 3.05) is 6.61 Å². The second-order valence-electron chi connectivity index (χ2n) is 6.53. The Kier molecular flexibility index (Phi) is 7.42. The molecule has 0 spiro atoms. The fourth-order valence-electron chi connectivity index (χ4n) is 2.62. The summed E-state index contributed by atoms with van der Waals surface area (Å²) in [6.45, 7) is 4.06. The molecular formula is C23H24N4O4. The predicted molar refractivity (Wildman–Crippen MR) is 117 cm³/mol. The number of benzene rings is 2. The van der Waals surface area contributed by atoms with Crippen LogP contribution in [0.3, 0.4) is 0 Å². The smallest absolute Gasteiger partial charge is 0.279 e. The van der Waals surface area contributed by atoms with E-state index in [0.717, 1.165) is 17.0 Å². The molecule has 0 unspecified atom stereocenters. The average Bonchev–Trinajstić information content (AvgIpc) is 3.27. The molecule has 0 saturated heterocycles. The molecule has 1 aromatic heterocycles. The van der Waals surface area contributed by atoms with E-state index in [1.165, 1.54) is 6.08 Å². The van der Waals surface area contributed by atoms with Crippen LogP contribution in [-0.4, -0.2) is 34.3 Å². The van der Waals surface area contributed by atoms with Crippen LogP contribution in [0.4, 0.5) is 0 Å². The minimum Gasteiger partial charge on any atom is -0.494 e. The normalized spacial score (nSPS) is 11.7. The molecule has 0 aliphatic heterocycles. The minimum absolute atomic E-state index is 0.478. The van der Waals surface area contributed by atoms with Crippen molar-refractivity contribution in [1.82, 2.24) is 20.6 Å². The van der Waals surface area contributed by atoms with E-state index in [1.807, 2.05) is 37.3 Å². The second kappa shape index (κ2) is 10.6. The molecule has 3 rings (SSSR count). The monoisotopic (exact) mass is 420 g/mol. The van der Waals surface area contributed by atoms with E-state index in [1.54, 1.807) is 54.3 Å². The Morgan fingerprint density at radius 3 is 2.48 bits per heavy atom. The van der Waals surface area contributed by atoms with Crippen molar-refractivity contribution >= 4 is 17.9 Å². The van der Waals surface area contributed by atoms with Gasteiger partial charge < -0.3 is 9.47 Å². The Morgan fingerprint density at radius 2 is 1.77 bits per heavy atom. The third-order valence-electron chi connectivity index (χ3n) is 4.18. The van der Waals surface area contributed by atoms with Crippen LogP contribution in [0.25, 0.3) is 11.8 Å². The number of carbonyl (C=O) groups is 2. The van der Waals surface area contributed by atoms with Gasteiger partial charge in [-0.25, -0.2) is 4.68 Å². The highest BCUT2D eigenvalue weighted by atomic mass is 16.5. The first-order chi connectivity index (χ1) is 15.0. The molecule has 2 aromatic carbocycles. The molecule has 0 saturated carbocycles. The largest absolute Gasteiger partial charge is 0.494 e. The van der Waals surface area contributed by atoms with Crippen molar-refractivity contribution in [2.45, 2.75) is 20.0 Å². The van der Waals surface area contributed by atoms with Crippen LogP contribution in [0.2, 0.25) is 0 Å². The van der Waals surface area contributed by atoms with Gasteiger partial charge in [0.05, 0.1) is 18.5 Å². The van der Waals surface area contributed by atoms with Crippen LogP contribution in [-0.2, 0) is 9.59 Å². The standard InChI is InChI=1S/C23H24N4O4/c1-3-30-20-10-12-21(13-11-20)31-17(2)23(29)26-25-22(28)14-9-18-15-24-27(16-18)19-7-5-4-6-8-19/h4-17H,3H2,1-2H3,(H,25,28)(H,26,29)/b14-9+/t17-/m1/s1. The summed E-state index contributed by atoms with van der Waals surface area (Å²) in [6, 6.07) is 16.6. The summed E-state index contributed by atoms with van der Waals surface area (Å²) in [5, 5.41) is 4.26. The fraction of sp³-hybridized carbons (Fsp3) is 0.174. The molecule has 8 heteroatoms. The molecule has 8 nitrogen and oxygen atoms in total. The van der Waals surface area contributed by atoms with Crippen LogP contribution in [0, 0.1) is 0 Å². The van der Waals surface area contributed by atoms with Gasteiger partial charge in [0.25, 0.3) is 11.8 Å². The van der Waals surface area contributed by atoms with Gasteiger partial charge in [0.1, 0.15) is 11.5 Å². The molecule has 0 radical (unpaired) electrons. The number of carbonyl (C=O) groups excluding carboxylic acids is 2. The van der Waals surface area contributed by atoms with Gasteiger partial charge in [-0.05, 0) is 56.3 Å². The van der Waals surface area contributed by atoms with Crippen molar-refractivity contribution in [3.8, 4) is 17.2 Å². The highest BCUT2D eigenvalue weighted by molar-refractivity contribution is 5.93. The van der Waals surface area contributed by atoms with Crippen LogP contribution in [0.5, 0.6) is 11.5 Å². The number of nitrogens with zero attached hydrogens (tertiary/aromatic N) is 2. The van der Waals surface area contributed by atoms with Crippen molar-refractivity contribution in [2.24, 2.45) is 0 Å². The molecule has 3 aromatic rings. The number of ether oxygens (including phenoxy) is 2. The first-order valence-electron chi connectivity index (χ1n) is 9.82. The number of rotatable bonds is 8. The Morgan fingerprint density at radius 1 is 1.06 bits per heavy atom. The van der Waals surface area contributed by atoms with E-state index in [9.17, 15) is 9.59 Å². The Labute approximate surface area is 180 Å². The Bertz CT molecular complexity index is 1030. The molecule has 31 heavy (non-hydrogen) atoms. The lowest BCUT2D eigenvalue weighted by atomic mass is 10.3. The van der Waals surface area contributed by atoms with Crippen LogP contribution < -0.4 is 20.3 Å². The van der Waals surface area contributed by atoms with Crippen LogP contribution in [0.15, 0.2) is 73.1 Å². The van der Waals surface area contributed by atoms with Crippen LogP contribution >= 0.6 is 0 Å². The zero-order valence-corrected chi connectivity index (χ0v) is 17.3. The van der Waals surface area contributed by atoms with Crippen molar-refractivity contribution in [3.05, 3.63) is 78.6 Å². The first kappa shape index (κ1) is 21.6. The number of hydrogen-bond acceptors (Lipinski definition) is 5. The quantitative estimate of drug-likeness (QED) is 0.432. The Balaban J connectivity index is 1.45. The van der Waals surface area contributed by atoms with Gasteiger partial charge in [0.15, 0.2) is 6.10 Å².